The van der Waals surface area contributed by atoms with Crippen molar-refractivity contribution in [2.24, 2.45) is 10.2 Å². The van der Waals surface area contributed by atoms with Crippen LogP contribution in [0.25, 0.3) is 5.69 Å². The fraction of sp³-hybridized carbons (Fsp3) is 0.205. The second kappa shape index (κ2) is 12.0. The molecule has 1 fully saturated rings. The average molecular weight is 711 g/mol. The van der Waals surface area contributed by atoms with Crippen LogP contribution in [-0.2, 0) is 20.7 Å². The van der Waals surface area contributed by atoms with Gasteiger partial charge in [-0.05, 0) is 37.3 Å². The molecule has 4 heterocycles. The highest BCUT2D eigenvalue weighted by Gasteiger charge is 2.79. The van der Waals surface area contributed by atoms with Gasteiger partial charge in [0.2, 0.25) is 0 Å². The summed E-state index contributed by atoms with van der Waals surface area (Å²) in [6.45, 7) is 1.74. The Balaban J connectivity index is 1.68. The highest BCUT2D eigenvalue weighted by molar-refractivity contribution is 8.00. The van der Waals surface area contributed by atoms with Crippen molar-refractivity contribution in [3.05, 3.63) is 154 Å². The minimum absolute atomic E-state index is 0.0332. The van der Waals surface area contributed by atoms with E-state index in [-0.39, 0.29) is 24.3 Å². The molecule has 10 nitrogen and oxygen atoms in total. The predicted molar refractivity (Wildman–Crippen MR) is 197 cm³/mol. The summed E-state index contributed by atoms with van der Waals surface area (Å²) >= 11 is 1.33. The fourth-order valence-electron chi connectivity index (χ4n) is 8.21. The lowest BCUT2D eigenvalue weighted by molar-refractivity contribution is -0.168. The van der Waals surface area contributed by atoms with Gasteiger partial charge in [-0.1, -0.05) is 109 Å². The molecule has 1 aliphatic carbocycles. The smallest absolute Gasteiger partial charge is 0.354 e. The van der Waals surface area contributed by atoms with Gasteiger partial charge in [-0.15, -0.1) is 0 Å². The molecule has 252 valence electrons. The van der Waals surface area contributed by atoms with Crippen molar-refractivity contribution in [2.75, 3.05) is 12.4 Å². The Morgan fingerprint density at radius 2 is 1.35 bits per heavy atom. The lowest BCUT2D eigenvalue weighted by Gasteiger charge is -2.58. The Kier molecular flexibility index (Phi) is 7.68. The van der Waals surface area contributed by atoms with Crippen molar-refractivity contribution in [3.63, 3.8) is 0 Å². The maximum atomic E-state index is 15.2. The van der Waals surface area contributed by atoms with E-state index in [1.54, 1.807) is 37.3 Å². The van der Waals surface area contributed by atoms with Crippen LogP contribution in [0.5, 0.6) is 0 Å². The largest absolute Gasteiger partial charge is 0.465 e. The molecule has 0 spiro atoms. The number of esters is 1. The summed E-state index contributed by atoms with van der Waals surface area (Å²) in [5, 5.41) is 23.6. The van der Waals surface area contributed by atoms with Crippen molar-refractivity contribution in [2.45, 2.75) is 29.8 Å². The number of nitriles is 2. The van der Waals surface area contributed by atoms with Crippen molar-refractivity contribution >= 4 is 40.7 Å². The molecule has 4 atom stereocenters. The molecule has 5 aromatic rings. The number of allylic oxidation sites excluding steroid dienone is 1. The molecule has 1 aromatic heterocycles. The van der Waals surface area contributed by atoms with Crippen LogP contribution in [-0.4, -0.2) is 37.5 Å². The van der Waals surface area contributed by atoms with E-state index >= 15 is 4.79 Å². The van der Waals surface area contributed by atoms with Crippen LogP contribution < -0.4 is 27.3 Å². The van der Waals surface area contributed by atoms with E-state index < -0.39 is 46.3 Å². The van der Waals surface area contributed by atoms with Gasteiger partial charge in [0.15, 0.2) is 11.2 Å². The number of carbonyl (C=O) groups is 1. The minimum atomic E-state index is -3.26. The van der Waals surface area contributed by atoms with E-state index in [0.29, 0.717) is 5.75 Å². The number of rotatable bonds is 7. The summed E-state index contributed by atoms with van der Waals surface area (Å²) in [4.78, 5) is 44.9. The topological polar surface area (TPSA) is 135 Å². The lowest BCUT2D eigenvalue weighted by atomic mass is 9.58. The molecule has 2 bridgehead atoms. The molecular formula is C39H31N6O4PS. The molecule has 0 unspecified atom stereocenters. The van der Waals surface area contributed by atoms with Crippen LogP contribution in [0.4, 0.5) is 0 Å². The Morgan fingerprint density at radius 1 is 0.843 bits per heavy atom. The van der Waals surface area contributed by atoms with Gasteiger partial charge in [0.1, 0.15) is 5.41 Å². The SMILES string of the molecule is CCOC(=O)[C@@]12CCS[C@@H]1[C@@]1(C#N)C(C#N)=C[C@@]2(N=P(c2ccccc2)(c2ccccc2)c2ccccc2)n2c(=O)n(-c3ccccc3)c(=O)n21. The number of hydrogen-bond acceptors (Lipinski definition) is 8. The van der Waals surface area contributed by atoms with Gasteiger partial charge < -0.3 is 4.74 Å². The van der Waals surface area contributed by atoms with Crippen molar-refractivity contribution in [1.29, 1.82) is 10.5 Å². The first-order valence-electron chi connectivity index (χ1n) is 16.5. The molecule has 0 N–H and O–H groups in total. The highest BCUT2D eigenvalue weighted by atomic mass is 32.2. The van der Waals surface area contributed by atoms with E-state index in [4.69, 9.17) is 9.48 Å². The third kappa shape index (κ3) is 4.11. The van der Waals surface area contributed by atoms with Gasteiger partial charge in [-0.2, -0.15) is 27.0 Å². The summed E-state index contributed by atoms with van der Waals surface area (Å²) in [6, 6.07) is 42.1. The third-order valence-corrected chi connectivity index (χ3v) is 15.5. The van der Waals surface area contributed by atoms with Crippen LogP contribution in [0.15, 0.2) is 147 Å². The molecule has 4 aromatic carbocycles. The van der Waals surface area contributed by atoms with E-state index in [9.17, 15) is 20.1 Å². The number of thioether (sulfide) groups is 1. The summed E-state index contributed by atoms with van der Waals surface area (Å²) in [6.07, 6.45) is 1.70. The maximum absolute atomic E-state index is 15.2. The molecule has 51 heavy (non-hydrogen) atoms. The zero-order valence-corrected chi connectivity index (χ0v) is 29.2. The van der Waals surface area contributed by atoms with Crippen LogP contribution in [0.1, 0.15) is 13.3 Å². The number of hydrogen-bond donors (Lipinski definition) is 0. The first kappa shape index (κ1) is 32.6. The minimum Gasteiger partial charge on any atom is -0.465 e. The lowest BCUT2D eigenvalue weighted by Crippen LogP contribution is -2.75. The number of aromatic nitrogens is 3. The van der Waals surface area contributed by atoms with Gasteiger partial charge in [0, 0.05) is 15.9 Å². The van der Waals surface area contributed by atoms with E-state index in [1.165, 1.54) is 22.5 Å². The summed E-state index contributed by atoms with van der Waals surface area (Å²) < 4.78 is 15.2. The molecule has 4 aliphatic rings. The van der Waals surface area contributed by atoms with Gasteiger partial charge in [-0.3, -0.25) is 9.54 Å². The van der Waals surface area contributed by atoms with E-state index in [1.807, 2.05) is 91.0 Å². The number of ether oxygens (including phenoxy) is 1. The van der Waals surface area contributed by atoms with E-state index in [0.717, 1.165) is 25.2 Å². The Bertz CT molecular complexity index is 2380. The van der Waals surface area contributed by atoms with Gasteiger partial charge in [0.05, 0.1) is 42.3 Å². The molecular weight excluding hydrogens is 680 g/mol. The Morgan fingerprint density at radius 3 is 1.84 bits per heavy atom. The Labute approximate surface area is 297 Å². The monoisotopic (exact) mass is 710 g/mol. The zero-order valence-electron chi connectivity index (χ0n) is 27.5. The van der Waals surface area contributed by atoms with Gasteiger partial charge in [-0.25, -0.2) is 18.8 Å². The summed E-state index contributed by atoms with van der Waals surface area (Å²) in [5.74, 6) is -0.238. The first-order valence-corrected chi connectivity index (χ1v) is 19.3. The number of para-hydroxylation sites is 1. The quantitative estimate of drug-likeness (QED) is 0.181. The zero-order chi connectivity index (χ0) is 35.4. The van der Waals surface area contributed by atoms with Crippen molar-refractivity contribution in [3.8, 4) is 17.8 Å². The average Bonchev–Trinajstić information content (AvgIpc) is 3.77. The summed E-state index contributed by atoms with van der Waals surface area (Å²) in [5.41, 5.74) is -7.03. The molecule has 9 rings (SSSR count). The number of carbonyl (C=O) groups excluding carboxylic acids is 1. The molecule has 1 saturated heterocycles. The predicted octanol–water partition coefficient (Wildman–Crippen LogP) is 4.38. The van der Waals surface area contributed by atoms with Crippen LogP contribution >= 0.6 is 18.8 Å². The molecule has 0 amide bonds. The van der Waals surface area contributed by atoms with Crippen LogP contribution in [0.3, 0.4) is 0 Å². The first-order chi connectivity index (χ1) is 24.9. The van der Waals surface area contributed by atoms with Crippen molar-refractivity contribution < 1.29 is 9.53 Å². The van der Waals surface area contributed by atoms with Gasteiger partial charge in [0.25, 0.3) is 0 Å². The molecule has 3 aliphatic heterocycles. The maximum Gasteiger partial charge on any atom is 0.354 e. The summed E-state index contributed by atoms with van der Waals surface area (Å²) in [7, 11) is -3.26. The standard InChI is InChI=1S/C39H31N6O4PS/c1-2-49-34(46)37-23-24-51-33(37)38(27-41)28(26-40)25-39(37,45-36(48)43(35(47)44(38)45)29-15-7-3-8-16-29)42-50(30-17-9-4-10-18-30,31-19-11-5-12-20-31)32-21-13-6-14-22-32/h3-22,25,33H,2,23-24H2,1H3/t33-,37+,38+,39+/m0/s1. The number of benzene rings is 4. The second-order valence-electron chi connectivity index (χ2n) is 12.6. The Hall–Kier alpha value is -5.61. The molecule has 12 heteroatoms. The van der Waals surface area contributed by atoms with E-state index in [2.05, 4.69) is 12.1 Å². The second-order valence-corrected chi connectivity index (χ2v) is 16.8. The number of nitrogens with zero attached hydrogens (tertiary/aromatic N) is 6. The van der Waals surface area contributed by atoms with Crippen LogP contribution in [0.2, 0.25) is 0 Å². The highest BCUT2D eigenvalue weighted by Crippen LogP contribution is 2.69. The third-order valence-electron chi connectivity index (χ3n) is 10.3. The fourth-order valence-corrected chi connectivity index (χ4v) is 13.9. The van der Waals surface area contributed by atoms with Gasteiger partial charge >= 0.3 is 17.3 Å². The molecule has 0 radical (unpaired) electrons. The van der Waals surface area contributed by atoms with Crippen molar-refractivity contribution in [1.82, 2.24) is 13.9 Å². The normalized spacial score (nSPS) is 24.4. The molecule has 0 saturated carbocycles. The van der Waals surface area contributed by atoms with Crippen LogP contribution in [0, 0.1) is 28.1 Å².